The molecule has 1 saturated heterocycles. The van der Waals surface area contributed by atoms with Crippen molar-refractivity contribution >= 4 is 11.8 Å². The molecule has 7 heteroatoms. The number of rotatable bonds is 8. The third-order valence-corrected chi connectivity index (χ3v) is 4.63. The molecule has 2 rings (SSSR count). The van der Waals surface area contributed by atoms with E-state index in [1.807, 2.05) is 18.7 Å². The second-order valence-corrected chi connectivity index (χ2v) is 6.65. The zero-order chi connectivity index (χ0) is 19.1. The summed E-state index contributed by atoms with van der Waals surface area (Å²) in [5, 5.41) is 5.84. The van der Waals surface area contributed by atoms with Gasteiger partial charge in [-0.2, -0.15) is 0 Å². The molecule has 0 unspecified atom stereocenters. The van der Waals surface area contributed by atoms with Crippen molar-refractivity contribution in [3.05, 3.63) is 35.1 Å². The Morgan fingerprint density at radius 1 is 1.38 bits per heavy atom. The molecule has 1 heterocycles. The van der Waals surface area contributed by atoms with Crippen LogP contribution in [0.25, 0.3) is 0 Å². The molecule has 2 N–H and O–H groups in total. The molecule has 1 fully saturated rings. The first-order valence-electron chi connectivity index (χ1n) is 8.99. The van der Waals surface area contributed by atoms with Gasteiger partial charge in [-0.25, -0.2) is 4.39 Å². The van der Waals surface area contributed by atoms with Gasteiger partial charge in [-0.05, 0) is 43.5 Å². The monoisotopic (exact) mass is 365 g/mol. The number of benzene rings is 1. The normalized spacial score (nSPS) is 20.2. The maximum absolute atomic E-state index is 13.3. The predicted octanol–water partition coefficient (Wildman–Crippen LogP) is 1.37. The Bertz CT molecular complexity index is 638. The van der Waals surface area contributed by atoms with Crippen LogP contribution in [-0.2, 0) is 20.9 Å². The van der Waals surface area contributed by atoms with E-state index in [2.05, 4.69) is 10.6 Å². The maximum Gasteiger partial charge on any atom is 0.237 e. The number of carbonyl (C=O) groups is 2. The second kappa shape index (κ2) is 9.64. The number of methoxy groups -OCH3 is 1. The van der Waals surface area contributed by atoms with Gasteiger partial charge in [0.05, 0.1) is 12.6 Å². The molecule has 1 aliphatic heterocycles. The number of likely N-dealkylation sites (N-methyl/N-ethyl adjacent to an activating group) is 1. The molecule has 0 radical (unpaired) electrons. The van der Waals surface area contributed by atoms with Crippen LogP contribution >= 0.6 is 0 Å². The van der Waals surface area contributed by atoms with Crippen LogP contribution in [0, 0.1) is 12.7 Å². The highest BCUT2D eigenvalue weighted by molar-refractivity contribution is 5.82. The zero-order valence-corrected chi connectivity index (χ0v) is 15.7. The summed E-state index contributed by atoms with van der Waals surface area (Å²) in [7, 11) is 1.56. The lowest BCUT2D eigenvalue weighted by Gasteiger charge is -2.24. The number of carbonyl (C=O) groups excluding carboxylic acids is 2. The smallest absolute Gasteiger partial charge is 0.237 e. The molecule has 0 spiro atoms. The molecule has 26 heavy (non-hydrogen) atoms. The van der Waals surface area contributed by atoms with Gasteiger partial charge in [-0.1, -0.05) is 6.07 Å². The number of ether oxygens (including phenoxy) is 1. The molecule has 0 aliphatic carbocycles. The molecular weight excluding hydrogens is 337 g/mol. The fourth-order valence-corrected chi connectivity index (χ4v) is 3.30. The molecule has 144 valence electrons. The summed E-state index contributed by atoms with van der Waals surface area (Å²) >= 11 is 0. The lowest BCUT2D eigenvalue weighted by Crippen LogP contribution is -2.42. The highest BCUT2D eigenvalue weighted by Crippen LogP contribution is 2.23. The number of amides is 2. The molecule has 0 saturated carbocycles. The SMILES string of the molecule is CCNC(=O)[C@@H]1C[C@H](NC(=O)CCOC)CN1Cc1ccc(F)cc1C. The van der Waals surface area contributed by atoms with Crippen molar-refractivity contribution in [3.8, 4) is 0 Å². The molecule has 0 bridgehead atoms. The lowest BCUT2D eigenvalue weighted by molar-refractivity contribution is -0.126. The lowest BCUT2D eigenvalue weighted by atomic mass is 10.1. The molecule has 0 aromatic heterocycles. The van der Waals surface area contributed by atoms with Gasteiger partial charge in [0.2, 0.25) is 11.8 Å². The zero-order valence-electron chi connectivity index (χ0n) is 15.7. The molecule has 1 aliphatic rings. The van der Waals surface area contributed by atoms with Crippen molar-refractivity contribution in [2.45, 2.75) is 45.3 Å². The first kappa shape index (κ1) is 20.3. The average molecular weight is 365 g/mol. The number of nitrogens with zero attached hydrogens (tertiary/aromatic N) is 1. The minimum atomic E-state index is -0.313. The standard InChI is InChI=1S/C19H28FN3O3/c1-4-21-19(25)17-10-16(22-18(24)7-8-26-3)12-23(17)11-14-5-6-15(20)9-13(14)2/h5-6,9,16-17H,4,7-8,10-12H2,1-3H3,(H,21,25)(H,22,24)/t16-,17-/m0/s1. The van der Waals surface area contributed by atoms with Gasteiger partial charge in [0, 0.05) is 39.2 Å². The Kier molecular flexibility index (Phi) is 7.53. The van der Waals surface area contributed by atoms with Gasteiger partial charge in [-0.15, -0.1) is 0 Å². The van der Waals surface area contributed by atoms with Crippen LogP contribution in [0.2, 0.25) is 0 Å². The van der Waals surface area contributed by atoms with Crippen LogP contribution in [-0.4, -0.2) is 55.6 Å². The van der Waals surface area contributed by atoms with Crippen molar-refractivity contribution in [1.29, 1.82) is 0 Å². The third-order valence-electron chi connectivity index (χ3n) is 4.63. The van der Waals surface area contributed by atoms with Crippen LogP contribution in [0.15, 0.2) is 18.2 Å². The van der Waals surface area contributed by atoms with Gasteiger partial charge in [-0.3, -0.25) is 14.5 Å². The van der Waals surface area contributed by atoms with Crippen molar-refractivity contribution in [3.63, 3.8) is 0 Å². The first-order chi connectivity index (χ1) is 12.4. The molecule has 2 atom stereocenters. The number of halogens is 1. The van der Waals surface area contributed by atoms with Gasteiger partial charge in [0.1, 0.15) is 5.82 Å². The summed E-state index contributed by atoms with van der Waals surface area (Å²) in [5.74, 6) is -0.386. The average Bonchev–Trinajstić information content (AvgIpc) is 2.98. The van der Waals surface area contributed by atoms with E-state index in [0.717, 1.165) is 11.1 Å². The summed E-state index contributed by atoms with van der Waals surface area (Å²) in [4.78, 5) is 26.5. The van der Waals surface area contributed by atoms with Crippen molar-refractivity contribution in [2.75, 3.05) is 26.8 Å². The van der Waals surface area contributed by atoms with Crippen LogP contribution in [0.1, 0.15) is 30.9 Å². The van der Waals surface area contributed by atoms with Crippen molar-refractivity contribution in [1.82, 2.24) is 15.5 Å². The van der Waals surface area contributed by atoms with Gasteiger partial charge in [0.15, 0.2) is 0 Å². The van der Waals surface area contributed by atoms with Gasteiger partial charge >= 0.3 is 0 Å². The van der Waals surface area contributed by atoms with Crippen LogP contribution in [0.4, 0.5) is 4.39 Å². The summed E-state index contributed by atoms with van der Waals surface area (Å²) in [5.41, 5.74) is 1.83. The van der Waals surface area contributed by atoms with E-state index < -0.39 is 0 Å². The minimum absolute atomic E-state index is 0.0408. The van der Waals surface area contributed by atoms with E-state index >= 15 is 0 Å². The third kappa shape index (κ3) is 5.51. The highest BCUT2D eigenvalue weighted by Gasteiger charge is 2.37. The number of nitrogens with one attached hydrogen (secondary N) is 2. The number of hydrogen-bond acceptors (Lipinski definition) is 4. The Hall–Kier alpha value is -1.99. The number of hydrogen-bond donors (Lipinski definition) is 2. The van der Waals surface area contributed by atoms with E-state index in [9.17, 15) is 14.0 Å². The molecule has 1 aromatic rings. The van der Waals surface area contributed by atoms with Gasteiger partial charge in [0.25, 0.3) is 0 Å². The Morgan fingerprint density at radius 3 is 2.81 bits per heavy atom. The molecule has 6 nitrogen and oxygen atoms in total. The minimum Gasteiger partial charge on any atom is -0.384 e. The van der Waals surface area contributed by atoms with E-state index in [1.165, 1.54) is 12.1 Å². The highest BCUT2D eigenvalue weighted by atomic mass is 19.1. The van der Waals surface area contributed by atoms with Crippen LogP contribution in [0.3, 0.4) is 0 Å². The van der Waals surface area contributed by atoms with Gasteiger partial charge < -0.3 is 15.4 Å². The Balaban J connectivity index is 2.07. The fraction of sp³-hybridized carbons (Fsp3) is 0.579. The summed E-state index contributed by atoms with van der Waals surface area (Å²) < 4.78 is 18.3. The van der Waals surface area contributed by atoms with Crippen LogP contribution in [0.5, 0.6) is 0 Å². The topological polar surface area (TPSA) is 70.7 Å². The van der Waals surface area contributed by atoms with Crippen molar-refractivity contribution < 1.29 is 18.7 Å². The number of aryl methyl sites for hydroxylation is 1. The summed E-state index contributed by atoms with van der Waals surface area (Å²) in [6.45, 7) is 5.79. The Labute approximate surface area is 154 Å². The van der Waals surface area contributed by atoms with E-state index in [1.54, 1.807) is 13.2 Å². The predicted molar refractivity (Wildman–Crippen MR) is 97.1 cm³/mol. The quantitative estimate of drug-likeness (QED) is 0.730. The summed E-state index contributed by atoms with van der Waals surface area (Å²) in [6, 6.07) is 4.28. The van der Waals surface area contributed by atoms with E-state index in [4.69, 9.17) is 4.74 Å². The molecule has 2 amide bonds. The summed E-state index contributed by atoms with van der Waals surface area (Å²) in [6.07, 6.45) is 0.862. The first-order valence-corrected chi connectivity index (χ1v) is 8.99. The van der Waals surface area contributed by atoms with Crippen LogP contribution < -0.4 is 10.6 Å². The van der Waals surface area contributed by atoms with Crippen molar-refractivity contribution in [2.24, 2.45) is 0 Å². The Morgan fingerprint density at radius 2 is 2.15 bits per heavy atom. The van der Waals surface area contributed by atoms with E-state index in [0.29, 0.717) is 39.1 Å². The molecule has 1 aromatic carbocycles. The fourth-order valence-electron chi connectivity index (χ4n) is 3.30. The number of likely N-dealkylation sites (tertiary alicyclic amines) is 1. The van der Waals surface area contributed by atoms with E-state index in [-0.39, 0.29) is 29.7 Å². The second-order valence-electron chi connectivity index (χ2n) is 6.65. The molecular formula is C19H28FN3O3. The maximum atomic E-state index is 13.3. The largest absolute Gasteiger partial charge is 0.384 e.